The monoisotopic (exact) mass is 508 g/mol. The summed E-state index contributed by atoms with van der Waals surface area (Å²) < 4.78 is 12.9. The zero-order valence-corrected chi connectivity index (χ0v) is 22.8. The molecule has 8 nitrogen and oxygen atoms in total. The van der Waals surface area contributed by atoms with Gasteiger partial charge in [0.2, 0.25) is 5.91 Å². The molecule has 0 bridgehead atoms. The van der Waals surface area contributed by atoms with Gasteiger partial charge in [-0.3, -0.25) is 14.2 Å². The molecule has 0 aliphatic carbocycles. The lowest BCUT2D eigenvalue weighted by Gasteiger charge is -2.23. The first kappa shape index (κ1) is 28.2. The van der Waals surface area contributed by atoms with Crippen LogP contribution < -0.4 is 20.3 Å². The average molecular weight is 509 g/mol. The van der Waals surface area contributed by atoms with Crippen molar-refractivity contribution in [2.24, 2.45) is 5.92 Å². The maximum absolute atomic E-state index is 13.7. The van der Waals surface area contributed by atoms with Gasteiger partial charge in [-0.15, -0.1) is 0 Å². The predicted molar refractivity (Wildman–Crippen MR) is 148 cm³/mol. The van der Waals surface area contributed by atoms with Crippen LogP contribution in [0.2, 0.25) is 0 Å². The third kappa shape index (κ3) is 7.55. The highest BCUT2D eigenvalue weighted by molar-refractivity contribution is 5.83. The van der Waals surface area contributed by atoms with Gasteiger partial charge in [0, 0.05) is 24.6 Å². The summed E-state index contributed by atoms with van der Waals surface area (Å²) in [5.74, 6) is 1.79. The van der Waals surface area contributed by atoms with Crippen LogP contribution in [0, 0.1) is 5.92 Å². The Morgan fingerprint density at radius 2 is 1.92 bits per heavy atom. The number of carbonyl (C=O) groups excluding carboxylic acids is 1. The first-order valence-corrected chi connectivity index (χ1v) is 13.2. The Hall–Kier alpha value is -3.39. The molecule has 1 aromatic heterocycles. The van der Waals surface area contributed by atoms with Gasteiger partial charge in [0.1, 0.15) is 23.9 Å². The van der Waals surface area contributed by atoms with E-state index in [0.29, 0.717) is 52.9 Å². The molecule has 0 saturated carbocycles. The Morgan fingerprint density at radius 3 is 2.62 bits per heavy atom. The van der Waals surface area contributed by atoms with Crippen molar-refractivity contribution in [2.75, 3.05) is 39.9 Å². The Kier molecular flexibility index (Phi) is 10.5. The van der Waals surface area contributed by atoms with E-state index in [1.54, 1.807) is 19.2 Å². The van der Waals surface area contributed by atoms with E-state index >= 15 is 0 Å². The van der Waals surface area contributed by atoms with Gasteiger partial charge in [0.15, 0.2) is 0 Å². The van der Waals surface area contributed by atoms with E-state index < -0.39 is 0 Å². The van der Waals surface area contributed by atoms with Gasteiger partial charge >= 0.3 is 0 Å². The van der Waals surface area contributed by atoms with Crippen molar-refractivity contribution in [1.82, 2.24) is 19.8 Å². The van der Waals surface area contributed by atoms with E-state index in [0.717, 1.165) is 32.5 Å². The predicted octanol–water partition coefficient (Wildman–Crippen LogP) is 4.35. The summed E-state index contributed by atoms with van der Waals surface area (Å²) in [7, 11) is 1.59. The number of rotatable bonds is 14. The lowest BCUT2D eigenvalue weighted by molar-refractivity contribution is -0.121. The molecule has 200 valence electrons. The second kappa shape index (κ2) is 13.8. The highest BCUT2D eigenvalue weighted by atomic mass is 16.5. The molecule has 0 saturated heterocycles. The van der Waals surface area contributed by atoms with Gasteiger partial charge in [-0.2, -0.15) is 0 Å². The topological polar surface area (TPSA) is 85.7 Å². The maximum Gasteiger partial charge on any atom is 0.262 e. The molecule has 3 aromatic rings. The van der Waals surface area contributed by atoms with Gasteiger partial charge in [-0.05, 0) is 56.3 Å². The standard InChI is InChI=1S/C29H40N4O4/c1-6-14-30-27(34)19-33-28(22-10-9-11-23(16-22)36-5)31-26-13-12-24(17-25(26)29(33)35)37-20-21(4)18-32(8-3)15-7-2/h9-13,16-17,21H,6-8,14-15,18-20H2,1-5H3,(H,30,34)/t21-/m0/s1. The fourth-order valence-electron chi connectivity index (χ4n) is 4.31. The van der Waals surface area contributed by atoms with E-state index in [2.05, 4.69) is 31.0 Å². The molecule has 8 heteroatoms. The van der Waals surface area contributed by atoms with Crippen LogP contribution in [0.3, 0.4) is 0 Å². The van der Waals surface area contributed by atoms with Crippen molar-refractivity contribution in [3.8, 4) is 22.9 Å². The lowest BCUT2D eigenvalue weighted by atomic mass is 10.1. The molecule has 1 N–H and O–H groups in total. The second-order valence-electron chi connectivity index (χ2n) is 9.40. The Labute approximate surface area is 219 Å². The van der Waals surface area contributed by atoms with Crippen molar-refractivity contribution < 1.29 is 14.3 Å². The summed E-state index contributed by atoms with van der Waals surface area (Å²) in [5.41, 5.74) is 0.963. The molecule has 1 amide bonds. The quantitative estimate of drug-likeness (QED) is 0.349. The zero-order valence-electron chi connectivity index (χ0n) is 22.8. The van der Waals surface area contributed by atoms with E-state index in [-0.39, 0.29) is 18.0 Å². The summed E-state index contributed by atoms with van der Waals surface area (Å²) in [4.78, 5) is 33.5. The Bertz CT molecular complexity index is 1240. The number of benzene rings is 2. The Morgan fingerprint density at radius 1 is 1.11 bits per heavy atom. The van der Waals surface area contributed by atoms with E-state index in [4.69, 9.17) is 14.5 Å². The van der Waals surface area contributed by atoms with Gasteiger partial charge in [-0.25, -0.2) is 4.98 Å². The average Bonchev–Trinajstić information content (AvgIpc) is 2.92. The number of aromatic nitrogens is 2. The fourth-order valence-corrected chi connectivity index (χ4v) is 4.31. The maximum atomic E-state index is 13.7. The van der Waals surface area contributed by atoms with Gasteiger partial charge in [0.25, 0.3) is 5.56 Å². The van der Waals surface area contributed by atoms with Crippen molar-refractivity contribution in [3.05, 3.63) is 52.8 Å². The molecule has 37 heavy (non-hydrogen) atoms. The van der Waals surface area contributed by atoms with Crippen molar-refractivity contribution in [1.29, 1.82) is 0 Å². The third-order valence-corrected chi connectivity index (χ3v) is 6.22. The second-order valence-corrected chi connectivity index (χ2v) is 9.40. The number of nitrogens with zero attached hydrogens (tertiary/aromatic N) is 3. The van der Waals surface area contributed by atoms with E-state index in [9.17, 15) is 9.59 Å². The minimum absolute atomic E-state index is 0.124. The van der Waals surface area contributed by atoms with E-state index in [1.807, 2.05) is 37.3 Å². The number of hydrogen-bond acceptors (Lipinski definition) is 6. The van der Waals surface area contributed by atoms with Crippen LogP contribution in [-0.2, 0) is 11.3 Å². The molecule has 3 rings (SSSR count). The third-order valence-electron chi connectivity index (χ3n) is 6.22. The first-order chi connectivity index (χ1) is 17.9. The SMILES string of the molecule is CCCNC(=O)Cn1c(-c2cccc(OC)c2)nc2ccc(OC[C@@H](C)CN(CC)CCC)cc2c1=O. The van der Waals surface area contributed by atoms with Crippen LogP contribution in [0.5, 0.6) is 11.5 Å². The van der Waals surface area contributed by atoms with Crippen LogP contribution in [0.15, 0.2) is 47.3 Å². The van der Waals surface area contributed by atoms with Gasteiger partial charge < -0.3 is 19.7 Å². The minimum Gasteiger partial charge on any atom is -0.497 e. The molecule has 1 atom stereocenters. The molecule has 1 heterocycles. The van der Waals surface area contributed by atoms with Crippen molar-refractivity contribution >= 4 is 16.8 Å². The number of amides is 1. The number of methoxy groups -OCH3 is 1. The molecule has 0 spiro atoms. The Balaban J connectivity index is 1.94. The highest BCUT2D eigenvalue weighted by Crippen LogP contribution is 2.25. The number of ether oxygens (including phenoxy) is 2. The van der Waals surface area contributed by atoms with Gasteiger partial charge in [-0.1, -0.05) is 39.8 Å². The summed E-state index contributed by atoms with van der Waals surface area (Å²) in [6.07, 6.45) is 1.94. The normalized spacial score (nSPS) is 12.1. The zero-order chi connectivity index (χ0) is 26.8. The number of hydrogen-bond donors (Lipinski definition) is 1. The van der Waals surface area contributed by atoms with Crippen LogP contribution in [0.25, 0.3) is 22.3 Å². The fraction of sp³-hybridized carbons (Fsp3) is 0.483. The van der Waals surface area contributed by atoms with Crippen molar-refractivity contribution in [3.63, 3.8) is 0 Å². The van der Waals surface area contributed by atoms with Crippen LogP contribution >= 0.6 is 0 Å². The van der Waals surface area contributed by atoms with Crippen LogP contribution in [0.1, 0.15) is 40.5 Å². The van der Waals surface area contributed by atoms with E-state index in [1.165, 1.54) is 4.57 Å². The number of nitrogens with one attached hydrogen (secondary N) is 1. The summed E-state index contributed by atoms with van der Waals surface area (Å²) in [6, 6.07) is 12.7. The van der Waals surface area contributed by atoms with Gasteiger partial charge in [0.05, 0.1) is 24.6 Å². The van der Waals surface area contributed by atoms with Crippen LogP contribution in [-0.4, -0.2) is 60.3 Å². The highest BCUT2D eigenvalue weighted by Gasteiger charge is 2.17. The molecule has 0 fully saturated rings. The number of fused-ring (bicyclic) bond motifs is 1. The summed E-state index contributed by atoms with van der Waals surface area (Å²) in [6.45, 7) is 12.5. The van der Waals surface area contributed by atoms with Crippen LogP contribution in [0.4, 0.5) is 0 Å². The smallest absolute Gasteiger partial charge is 0.262 e. The molecular weight excluding hydrogens is 468 g/mol. The molecule has 0 radical (unpaired) electrons. The molecule has 0 aliphatic rings. The number of carbonyl (C=O) groups is 1. The molecular formula is C29H40N4O4. The molecule has 0 aliphatic heterocycles. The lowest BCUT2D eigenvalue weighted by Crippen LogP contribution is -2.34. The first-order valence-electron chi connectivity index (χ1n) is 13.2. The summed E-state index contributed by atoms with van der Waals surface area (Å²) >= 11 is 0. The molecule has 0 unspecified atom stereocenters. The van der Waals surface area contributed by atoms with Crippen molar-refractivity contribution in [2.45, 2.75) is 47.1 Å². The summed E-state index contributed by atoms with van der Waals surface area (Å²) in [5, 5.41) is 3.27. The largest absolute Gasteiger partial charge is 0.497 e. The minimum atomic E-state index is -0.284. The molecule has 2 aromatic carbocycles.